The Hall–Kier alpha value is -2.53. The SMILES string of the molecule is COc1cccc(CC(=O)NN)c1OCc1ccccc1. The highest BCUT2D eigenvalue weighted by atomic mass is 16.5. The molecule has 0 spiro atoms. The maximum absolute atomic E-state index is 11.5. The molecule has 0 radical (unpaired) electrons. The molecule has 21 heavy (non-hydrogen) atoms. The molecule has 0 aliphatic carbocycles. The van der Waals surface area contributed by atoms with Crippen molar-refractivity contribution >= 4 is 5.91 Å². The highest BCUT2D eigenvalue weighted by Gasteiger charge is 2.13. The Morgan fingerprint density at radius 1 is 1.14 bits per heavy atom. The molecule has 0 unspecified atom stereocenters. The molecule has 0 aliphatic heterocycles. The van der Waals surface area contributed by atoms with Crippen molar-refractivity contribution in [2.45, 2.75) is 13.0 Å². The van der Waals surface area contributed by atoms with Crippen molar-refractivity contribution < 1.29 is 14.3 Å². The van der Waals surface area contributed by atoms with Crippen molar-refractivity contribution in [3.8, 4) is 11.5 Å². The molecule has 5 heteroatoms. The Balaban J connectivity index is 2.20. The molecule has 0 bridgehead atoms. The van der Waals surface area contributed by atoms with Gasteiger partial charge >= 0.3 is 0 Å². The lowest BCUT2D eigenvalue weighted by atomic mass is 10.1. The molecule has 0 fully saturated rings. The average Bonchev–Trinajstić information content (AvgIpc) is 2.54. The minimum atomic E-state index is -0.284. The lowest BCUT2D eigenvalue weighted by Crippen LogP contribution is -2.31. The Morgan fingerprint density at radius 2 is 1.90 bits per heavy atom. The van der Waals surface area contributed by atoms with Gasteiger partial charge in [-0.25, -0.2) is 5.84 Å². The molecule has 110 valence electrons. The number of para-hydroxylation sites is 1. The molecule has 0 saturated heterocycles. The molecule has 2 rings (SSSR count). The van der Waals surface area contributed by atoms with E-state index in [-0.39, 0.29) is 12.3 Å². The number of methoxy groups -OCH3 is 1. The lowest BCUT2D eigenvalue weighted by Gasteiger charge is -2.14. The summed E-state index contributed by atoms with van der Waals surface area (Å²) in [5, 5.41) is 0. The van der Waals surface area contributed by atoms with E-state index in [0.717, 1.165) is 11.1 Å². The van der Waals surface area contributed by atoms with Gasteiger partial charge in [0.1, 0.15) is 6.61 Å². The standard InChI is InChI=1S/C16H18N2O3/c1-20-14-9-5-8-13(10-15(19)18-17)16(14)21-11-12-6-3-2-4-7-12/h2-9H,10-11,17H2,1H3,(H,18,19). The number of nitrogens with one attached hydrogen (secondary N) is 1. The fourth-order valence-electron chi connectivity index (χ4n) is 1.98. The van der Waals surface area contributed by atoms with Gasteiger partial charge in [0.2, 0.25) is 5.91 Å². The van der Waals surface area contributed by atoms with E-state index in [2.05, 4.69) is 5.43 Å². The first-order valence-electron chi connectivity index (χ1n) is 6.56. The number of carbonyl (C=O) groups excluding carboxylic acids is 1. The minimum Gasteiger partial charge on any atom is -0.493 e. The van der Waals surface area contributed by atoms with Crippen LogP contribution in [0.4, 0.5) is 0 Å². The third kappa shape index (κ3) is 3.97. The van der Waals surface area contributed by atoms with Crippen LogP contribution in [0.3, 0.4) is 0 Å². The molecule has 2 aromatic rings. The van der Waals surface area contributed by atoms with Gasteiger partial charge < -0.3 is 9.47 Å². The fraction of sp³-hybridized carbons (Fsp3) is 0.188. The molecule has 5 nitrogen and oxygen atoms in total. The van der Waals surface area contributed by atoms with Gasteiger partial charge in [-0.2, -0.15) is 0 Å². The molecule has 0 aliphatic rings. The highest BCUT2D eigenvalue weighted by molar-refractivity contribution is 5.79. The quantitative estimate of drug-likeness (QED) is 0.482. The first-order chi connectivity index (χ1) is 10.2. The van der Waals surface area contributed by atoms with E-state index in [9.17, 15) is 4.79 Å². The van der Waals surface area contributed by atoms with E-state index in [4.69, 9.17) is 15.3 Å². The maximum atomic E-state index is 11.5. The van der Waals surface area contributed by atoms with Gasteiger partial charge in [0, 0.05) is 5.56 Å². The summed E-state index contributed by atoms with van der Waals surface area (Å²) in [6, 6.07) is 15.2. The summed E-state index contributed by atoms with van der Waals surface area (Å²) in [5.74, 6) is 6.00. The van der Waals surface area contributed by atoms with Crippen LogP contribution in [0.2, 0.25) is 0 Å². The second kappa shape index (κ2) is 7.31. The van der Waals surface area contributed by atoms with Crippen LogP contribution in [0.5, 0.6) is 11.5 Å². The summed E-state index contributed by atoms with van der Waals surface area (Å²) in [5.41, 5.74) is 3.89. The predicted octanol–water partition coefficient (Wildman–Crippen LogP) is 1.81. The monoisotopic (exact) mass is 286 g/mol. The first-order valence-corrected chi connectivity index (χ1v) is 6.56. The Labute approximate surface area is 123 Å². The number of amides is 1. The largest absolute Gasteiger partial charge is 0.493 e. The Morgan fingerprint density at radius 3 is 2.57 bits per heavy atom. The van der Waals surface area contributed by atoms with Crippen LogP contribution in [0.25, 0.3) is 0 Å². The van der Waals surface area contributed by atoms with Crippen molar-refractivity contribution in [2.24, 2.45) is 5.84 Å². The second-order valence-corrected chi connectivity index (χ2v) is 4.47. The summed E-state index contributed by atoms with van der Waals surface area (Å²) < 4.78 is 11.1. The Bertz CT molecular complexity index is 600. The van der Waals surface area contributed by atoms with Gasteiger partial charge in [-0.05, 0) is 11.6 Å². The van der Waals surface area contributed by atoms with Crippen LogP contribution in [0.1, 0.15) is 11.1 Å². The van der Waals surface area contributed by atoms with E-state index in [1.54, 1.807) is 13.2 Å². The van der Waals surface area contributed by atoms with Gasteiger partial charge in [0.15, 0.2) is 11.5 Å². The van der Waals surface area contributed by atoms with Crippen molar-refractivity contribution in [2.75, 3.05) is 7.11 Å². The van der Waals surface area contributed by atoms with Crippen LogP contribution in [-0.2, 0) is 17.8 Å². The first kappa shape index (κ1) is 14.9. The summed E-state index contributed by atoms with van der Waals surface area (Å²) in [6.07, 6.45) is 0.137. The summed E-state index contributed by atoms with van der Waals surface area (Å²) in [4.78, 5) is 11.5. The fourth-order valence-corrected chi connectivity index (χ4v) is 1.98. The van der Waals surface area contributed by atoms with E-state index < -0.39 is 0 Å². The molecular weight excluding hydrogens is 268 g/mol. The summed E-state index contributed by atoms with van der Waals surface area (Å²) in [6.45, 7) is 0.401. The van der Waals surface area contributed by atoms with Crippen LogP contribution in [-0.4, -0.2) is 13.0 Å². The minimum absolute atomic E-state index is 0.137. The van der Waals surface area contributed by atoms with Crippen molar-refractivity contribution in [3.63, 3.8) is 0 Å². The third-order valence-corrected chi connectivity index (χ3v) is 3.02. The zero-order chi connectivity index (χ0) is 15.1. The average molecular weight is 286 g/mol. The lowest BCUT2D eigenvalue weighted by molar-refractivity contribution is -0.120. The number of nitrogens with two attached hydrogens (primary N) is 1. The van der Waals surface area contributed by atoms with E-state index in [0.29, 0.717) is 18.1 Å². The number of hydrogen-bond acceptors (Lipinski definition) is 4. The van der Waals surface area contributed by atoms with Gasteiger partial charge in [0.05, 0.1) is 13.5 Å². The zero-order valence-corrected chi connectivity index (χ0v) is 11.8. The van der Waals surface area contributed by atoms with Crippen LogP contribution in [0, 0.1) is 0 Å². The molecule has 0 heterocycles. The number of hydrazine groups is 1. The molecular formula is C16H18N2O3. The van der Waals surface area contributed by atoms with E-state index >= 15 is 0 Å². The molecule has 0 saturated carbocycles. The topological polar surface area (TPSA) is 73.6 Å². The van der Waals surface area contributed by atoms with Crippen molar-refractivity contribution in [1.82, 2.24) is 5.43 Å². The van der Waals surface area contributed by atoms with Gasteiger partial charge in [-0.1, -0.05) is 42.5 Å². The number of benzene rings is 2. The third-order valence-electron chi connectivity index (χ3n) is 3.02. The number of hydrogen-bond donors (Lipinski definition) is 2. The zero-order valence-electron chi connectivity index (χ0n) is 11.8. The van der Waals surface area contributed by atoms with Gasteiger partial charge in [-0.15, -0.1) is 0 Å². The molecule has 0 aromatic heterocycles. The number of ether oxygens (including phenoxy) is 2. The number of rotatable bonds is 6. The second-order valence-electron chi connectivity index (χ2n) is 4.47. The molecule has 3 N–H and O–H groups in total. The van der Waals surface area contributed by atoms with Crippen LogP contribution < -0.4 is 20.7 Å². The maximum Gasteiger partial charge on any atom is 0.238 e. The van der Waals surface area contributed by atoms with Crippen molar-refractivity contribution in [1.29, 1.82) is 0 Å². The molecule has 0 atom stereocenters. The highest BCUT2D eigenvalue weighted by Crippen LogP contribution is 2.32. The molecule has 2 aromatic carbocycles. The Kier molecular flexibility index (Phi) is 5.17. The summed E-state index contributed by atoms with van der Waals surface area (Å²) in [7, 11) is 1.57. The summed E-state index contributed by atoms with van der Waals surface area (Å²) >= 11 is 0. The molecule has 1 amide bonds. The smallest absolute Gasteiger partial charge is 0.238 e. The van der Waals surface area contributed by atoms with Crippen LogP contribution >= 0.6 is 0 Å². The van der Waals surface area contributed by atoms with Gasteiger partial charge in [0.25, 0.3) is 0 Å². The predicted molar refractivity (Wildman–Crippen MR) is 79.8 cm³/mol. The van der Waals surface area contributed by atoms with E-state index in [1.165, 1.54) is 0 Å². The number of carbonyl (C=O) groups is 1. The normalized spacial score (nSPS) is 10.0. The van der Waals surface area contributed by atoms with Crippen molar-refractivity contribution in [3.05, 3.63) is 59.7 Å². The van der Waals surface area contributed by atoms with Crippen LogP contribution in [0.15, 0.2) is 48.5 Å². The van der Waals surface area contributed by atoms with Gasteiger partial charge in [-0.3, -0.25) is 10.2 Å². The van der Waals surface area contributed by atoms with E-state index in [1.807, 2.05) is 42.5 Å².